The fourth-order valence-corrected chi connectivity index (χ4v) is 2.39. The molecule has 3 nitrogen and oxygen atoms in total. The zero-order valence-corrected chi connectivity index (χ0v) is 11.8. The van der Waals surface area contributed by atoms with Crippen molar-refractivity contribution in [1.29, 1.82) is 0 Å². The Morgan fingerprint density at radius 2 is 2.00 bits per heavy atom. The Hall–Kier alpha value is -2.42. The molecule has 0 fully saturated rings. The average Bonchev–Trinajstić information content (AvgIpc) is 2.43. The molecule has 20 heavy (non-hydrogen) atoms. The number of benzene rings is 1. The van der Waals surface area contributed by atoms with Gasteiger partial charge in [-0.2, -0.15) is 0 Å². The fourth-order valence-electron chi connectivity index (χ4n) is 2.39. The topological polar surface area (TPSA) is 34.9 Å². The van der Waals surface area contributed by atoms with Gasteiger partial charge >= 0.3 is 0 Å². The van der Waals surface area contributed by atoms with Crippen LogP contribution in [0.25, 0.3) is 22.0 Å². The molecule has 0 bridgehead atoms. The van der Waals surface area contributed by atoms with Gasteiger partial charge in [-0.05, 0) is 37.6 Å². The molecule has 0 spiro atoms. The van der Waals surface area contributed by atoms with Gasteiger partial charge < -0.3 is 4.57 Å². The van der Waals surface area contributed by atoms with Crippen molar-refractivity contribution in [2.75, 3.05) is 0 Å². The molecule has 0 aliphatic heterocycles. The molecule has 3 heteroatoms. The maximum Gasteiger partial charge on any atom is 0.258 e. The first-order valence-electron chi connectivity index (χ1n) is 6.51. The van der Waals surface area contributed by atoms with E-state index in [-0.39, 0.29) is 5.56 Å². The molecule has 0 saturated heterocycles. The van der Waals surface area contributed by atoms with Crippen molar-refractivity contribution in [1.82, 2.24) is 9.55 Å². The second-order valence-electron chi connectivity index (χ2n) is 5.09. The van der Waals surface area contributed by atoms with Crippen molar-refractivity contribution in [3.05, 3.63) is 64.2 Å². The van der Waals surface area contributed by atoms with E-state index in [1.165, 1.54) is 0 Å². The standard InChI is InChI=1S/C17H15N2O/c1-11-5-4-6-13(7-11)15-9-14-10-18-12(2)8-16(14)19(3)17(15)20/h4-5,7-10H,1-3H3. The summed E-state index contributed by atoms with van der Waals surface area (Å²) in [5.41, 5.74) is 4.40. The number of aryl methyl sites for hydroxylation is 3. The third-order valence-electron chi connectivity index (χ3n) is 3.49. The van der Waals surface area contributed by atoms with Gasteiger partial charge in [0.25, 0.3) is 5.56 Å². The average molecular weight is 263 g/mol. The van der Waals surface area contributed by atoms with Crippen LogP contribution in [0, 0.1) is 19.9 Å². The highest BCUT2D eigenvalue weighted by molar-refractivity contribution is 5.83. The first kappa shape index (κ1) is 12.6. The number of fused-ring (bicyclic) bond motifs is 1. The number of pyridine rings is 2. The van der Waals surface area contributed by atoms with Crippen LogP contribution in [0.3, 0.4) is 0 Å². The highest BCUT2D eigenvalue weighted by Crippen LogP contribution is 2.21. The molecule has 0 saturated carbocycles. The molecule has 0 N–H and O–H groups in total. The second-order valence-corrected chi connectivity index (χ2v) is 5.09. The molecule has 0 aliphatic carbocycles. The fraction of sp³-hybridized carbons (Fsp3) is 0.176. The summed E-state index contributed by atoms with van der Waals surface area (Å²) in [6.07, 6.45) is 1.81. The second kappa shape index (κ2) is 4.60. The van der Waals surface area contributed by atoms with Crippen molar-refractivity contribution in [3.63, 3.8) is 0 Å². The first-order chi connectivity index (χ1) is 9.56. The molecule has 1 aromatic carbocycles. The minimum absolute atomic E-state index is 0.00931. The van der Waals surface area contributed by atoms with E-state index in [0.717, 1.165) is 27.7 Å². The van der Waals surface area contributed by atoms with Crippen LogP contribution in [0.5, 0.6) is 0 Å². The highest BCUT2D eigenvalue weighted by Gasteiger charge is 2.09. The highest BCUT2D eigenvalue weighted by atomic mass is 16.1. The molecule has 3 aromatic rings. The van der Waals surface area contributed by atoms with E-state index < -0.39 is 0 Å². The molecule has 2 heterocycles. The Kier molecular flexibility index (Phi) is 2.90. The third-order valence-corrected chi connectivity index (χ3v) is 3.49. The van der Waals surface area contributed by atoms with Gasteiger partial charge in [-0.25, -0.2) is 0 Å². The molecule has 1 radical (unpaired) electrons. The SMILES string of the molecule is Cc1cc[c]c(-c2cc3cnc(C)cc3n(C)c2=O)c1. The van der Waals surface area contributed by atoms with Gasteiger partial charge in [0, 0.05) is 29.9 Å². The Morgan fingerprint density at radius 3 is 2.75 bits per heavy atom. The number of rotatable bonds is 1. The van der Waals surface area contributed by atoms with Crippen molar-refractivity contribution < 1.29 is 0 Å². The molecule has 2 aromatic heterocycles. The monoisotopic (exact) mass is 263 g/mol. The number of nitrogens with zero attached hydrogens (tertiary/aromatic N) is 2. The molecule has 0 unspecified atom stereocenters. The molecule has 0 amide bonds. The van der Waals surface area contributed by atoms with Crippen LogP contribution in [0.15, 0.2) is 41.3 Å². The third kappa shape index (κ3) is 2.01. The van der Waals surface area contributed by atoms with Crippen LogP contribution in [-0.2, 0) is 7.05 Å². The van der Waals surface area contributed by atoms with Crippen LogP contribution < -0.4 is 5.56 Å². The van der Waals surface area contributed by atoms with Crippen molar-refractivity contribution in [2.45, 2.75) is 13.8 Å². The van der Waals surface area contributed by atoms with Crippen LogP contribution >= 0.6 is 0 Å². The molecular weight excluding hydrogens is 248 g/mol. The minimum Gasteiger partial charge on any atom is -0.311 e. The van der Waals surface area contributed by atoms with Crippen molar-refractivity contribution in [2.24, 2.45) is 7.05 Å². The lowest BCUT2D eigenvalue weighted by molar-refractivity contribution is 0.905. The van der Waals surface area contributed by atoms with Crippen molar-refractivity contribution in [3.8, 4) is 11.1 Å². The van der Waals surface area contributed by atoms with Gasteiger partial charge in [-0.3, -0.25) is 9.78 Å². The van der Waals surface area contributed by atoms with E-state index in [1.54, 1.807) is 11.6 Å². The largest absolute Gasteiger partial charge is 0.311 e. The summed E-state index contributed by atoms with van der Waals surface area (Å²) in [5, 5.41) is 0.961. The lowest BCUT2D eigenvalue weighted by Crippen LogP contribution is -2.19. The molecular formula is C17H15N2O. The lowest BCUT2D eigenvalue weighted by Gasteiger charge is -2.09. The van der Waals surface area contributed by atoms with E-state index in [4.69, 9.17) is 0 Å². The predicted octanol–water partition coefficient (Wildman–Crippen LogP) is 3.02. The maximum absolute atomic E-state index is 12.5. The minimum atomic E-state index is -0.00931. The Bertz CT molecular complexity index is 862. The van der Waals surface area contributed by atoms with Crippen LogP contribution in [0.1, 0.15) is 11.3 Å². The van der Waals surface area contributed by atoms with Gasteiger partial charge in [0.15, 0.2) is 0 Å². The number of hydrogen-bond donors (Lipinski definition) is 0. The van der Waals surface area contributed by atoms with Gasteiger partial charge in [0.1, 0.15) is 0 Å². The van der Waals surface area contributed by atoms with E-state index in [1.807, 2.05) is 50.4 Å². The summed E-state index contributed by atoms with van der Waals surface area (Å²) in [6.45, 7) is 3.93. The van der Waals surface area contributed by atoms with Gasteiger partial charge in [0.2, 0.25) is 0 Å². The molecule has 99 valence electrons. The zero-order chi connectivity index (χ0) is 14.3. The van der Waals surface area contributed by atoms with E-state index >= 15 is 0 Å². The summed E-state index contributed by atoms with van der Waals surface area (Å²) >= 11 is 0. The molecule has 0 atom stereocenters. The quantitative estimate of drug-likeness (QED) is 0.676. The summed E-state index contributed by atoms with van der Waals surface area (Å²) in [4.78, 5) is 16.8. The normalized spacial score (nSPS) is 10.9. The van der Waals surface area contributed by atoms with E-state index in [2.05, 4.69) is 11.1 Å². The zero-order valence-electron chi connectivity index (χ0n) is 11.8. The summed E-state index contributed by atoms with van der Waals surface area (Å²) in [5.74, 6) is 0. The van der Waals surface area contributed by atoms with E-state index in [0.29, 0.717) is 5.56 Å². The van der Waals surface area contributed by atoms with Gasteiger partial charge in [-0.1, -0.05) is 23.8 Å². The number of aromatic nitrogens is 2. The van der Waals surface area contributed by atoms with Crippen LogP contribution in [-0.4, -0.2) is 9.55 Å². The maximum atomic E-state index is 12.5. The molecule has 3 rings (SSSR count). The smallest absolute Gasteiger partial charge is 0.258 e. The van der Waals surface area contributed by atoms with Crippen LogP contribution in [0.4, 0.5) is 0 Å². The Balaban J connectivity index is 2.35. The van der Waals surface area contributed by atoms with E-state index in [9.17, 15) is 4.79 Å². The van der Waals surface area contributed by atoms with Gasteiger partial charge in [-0.15, -0.1) is 0 Å². The first-order valence-corrected chi connectivity index (χ1v) is 6.51. The number of hydrogen-bond acceptors (Lipinski definition) is 2. The summed E-state index contributed by atoms with van der Waals surface area (Å²) in [6, 6.07) is 12.8. The van der Waals surface area contributed by atoms with Crippen molar-refractivity contribution >= 4 is 10.9 Å². The summed E-state index contributed by atoms with van der Waals surface area (Å²) < 4.78 is 1.68. The molecule has 0 aliphatic rings. The Labute approximate surface area is 117 Å². The van der Waals surface area contributed by atoms with Gasteiger partial charge in [0.05, 0.1) is 5.52 Å². The Morgan fingerprint density at radius 1 is 1.20 bits per heavy atom. The van der Waals surface area contributed by atoms with Crippen LogP contribution in [0.2, 0.25) is 0 Å². The predicted molar refractivity (Wildman–Crippen MR) is 80.7 cm³/mol. The summed E-state index contributed by atoms with van der Waals surface area (Å²) in [7, 11) is 1.80. The lowest BCUT2D eigenvalue weighted by atomic mass is 10.0.